The van der Waals surface area contributed by atoms with E-state index < -0.39 is 40.5 Å². The summed E-state index contributed by atoms with van der Waals surface area (Å²) in [6.07, 6.45) is 0. The fourth-order valence-electron chi connectivity index (χ4n) is 1.57. The van der Waals surface area contributed by atoms with Gasteiger partial charge in [0.2, 0.25) is 0 Å². The molecule has 19 heavy (non-hydrogen) atoms. The summed E-state index contributed by atoms with van der Waals surface area (Å²) in [5.74, 6) is -4.42. The Morgan fingerprint density at radius 3 is 2.05 bits per heavy atom. The minimum Gasteiger partial charge on any atom is -0.480 e. The molecule has 0 radical (unpaired) electrons. The van der Waals surface area contributed by atoms with E-state index in [1.807, 2.05) is 0 Å². The summed E-state index contributed by atoms with van der Waals surface area (Å²) in [6.45, 7) is 4.80. The zero-order chi connectivity index (χ0) is 14.8. The molecule has 1 atom stereocenters. The third-order valence-electron chi connectivity index (χ3n) is 2.58. The molecule has 4 nitrogen and oxygen atoms in total. The van der Waals surface area contributed by atoms with Crippen LogP contribution in [0.5, 0.6) is 0 Å². The number of amides is 1. The molecule has 0 fully saturated rings. The molecule has 1 aromatic carbocycles. The van der Waals surface area contributed by atoms with Gasteiger partial charge in [-0.05, 0) is 17.5 Å². The number of aliphatic carboxylic acids is 1. The van der Waals surface area contributed by atoms with E-state index in [4.69, 9.17) is 5.11 Å². The van der Waals surface area contributed by atoms with Crippen molar-refractivity contribution in [1.82, 2.24) is 5.32 Å². The quantitative estimate of drug-likeness (QED) is 0.885. The van der Waals surface area contributed by atoms with Crippen molar-refractivity contribution >= 4 is 11.9 Å². The molecule has 0 spiro atoms. The average molecular weight is 271 g/mol. The number of hydrogen-bond donors (Lipinski definition) is 2. The van der Waals surface area contributed by atoms with Crippen molar-refractivity contribution in [3.8, 4) is 0 Å². The normalized spacial score (nSPS) is 12.9. The lowest BCUT2D eigenvalue weighted by Crippen LogP contribution is -2.49. The molecule has 1 rings (SSSR count). The number of carbonyl (C=O) groups excluding carboxylic acids is 1. The first-order chi connectivity index (χ1) is 8.64. The van der Waals surface area contributed by atoms with Gasteiger partial charge in [0.15, 0.2) is 0 Å². The standard InChI is InChI=1S/C13H15F2NO3/c1-13(2,3)10(12(18)19)16-11(17)9-7(14)5-4-6-8(9)15/h4-6,10H,1-3H3,(H,16,17)(H,18,19). The highest BCUT2D eigenvalue weighted by Crippen LogP contribution is 2.20. The summed E-state index contributed by atoms with van der Waals surface area (Å²) in [5.41, 5.74) is -1.57. The Bertz CT molecular complexity index is 489. The van der Waals surface area contributed by atoms with Gasteiger partial charge in [-0.15, -0.1) is 0 Å². The molecule has 0 aliphatic heterocycles. The van der Waals surface area contributed by atoms with Crippen molar-refractivity contribution in [2.24, 2.45) is 5.41 Å². The number of carboxylic acid groups (broad SMARTS) is 1. The number of carbonyl (C=O) groups is 2. The molecule has 0 saturated heterocycles. The summed E-state index contributed by atoms with van der Waals surface area (Å²) in [4.78, 5) is 22.9. The van der Waals surface area contributed by atoms with Crippen LogP contribution in [0, 0.1) is 17.0 Å². The number of hydrogen-bond acceptors (Lipinski definition) is 2. The van der Waals surface area contributed by atoms with Crippen LogP contribution >= 0.6 is 0 Å². The van der Waals surface area contributed by atoms with Gasteiger partial charge in [-0.3, -0.25) is 4.79 Å². The van der Waals surface area contributed by atoms with Crippen LogP contribution in [-0.4, -0.2) is 23.0 Å². The summed E-state index contributed by atoms with van der Waals surface area (Å²) >= 11 is 0. The second-order valence-electron chi connectivity index (χ2n) is 5.21. The Balaban J connectivity index is 3.05. The Morgan fingerprint density at radius 2 is 1.68 bits per heavy atom. The maximum absolute atomic E-state index is 13.4. The van der Waals surface area contributed by atoms with Gasteiger partial charge < -0.3 is 10.4 Å². The monoisotopic (exact) mass is 271 g/mol. The summed E-state index contributed by atoms with van der Waals surface area (Å²) < 4.78 is 26.8. The molecule has 1 amide bonds. The SMILES string of the molecule is CC(C)(C)C(NC(=O)c1c(F)cccc1F)C(=O)O. The number of nitrogens with one attached hydrogen (secondary N) is 1. The second-order valence-corrected chi connectivity index (χ2v) is 5.21. The molecule has 1 aromatic rings. The van der Waals surface area contributed by atoms with Crippen LogP contribution < -0.4 is 5.32 Å². The van der Waals surface area contributed by atoms with Gasteiger partial charge in [0.1, 0.15) is 23.2 Å². The average Bonchev–Trinajstić information content (AvgIpc) is 2.23. The maximum Gasteiger partial charge on any atom is 0.326 e. The summed E-state index contributed by atoms with van der Waals surface area (Å²) in [5, 5.41) is 11.2. The Morgan fingerprint density at radius 1 is 1.21 bits per heavy atom. The third kappa shape index (κ3) is 3.49. The van der Waals surface area contributed by atoms with Gasteiger partial charge in [-0.1, -0.05) is 26.8 Å². The van der Waals surface area contributed by atoms with Gasteiger partial charge >= 0.3 is 5.97 Å². The minimum absolute atomic E-state index is 0.780. The van der Waals surface area contributed by atoms with Gasteiger partial charge in [0.25, 0.3) is 5.91 Å². The molecular formula is C13H15F2NO3. The van der Waals surface area contributed by atoms with Crippen LogP contribution in [0.4, 0.5) is 8.78 Å². The largest absolute Gasteiger partial charge is 0.480 e. The van der Waals surface area contributed by atoms with Crippen LogP contribution in [0.2, 0.25) is 0 Å². The highest BCUT2D eigenvalue weighted by atomic mass is 19.1. The molecule has 2 N–H and O–H groups in total. The van der Waals surface area contributed by atoms with E-state index in [-0.39, 0.29) is 0 Å². The lowest BCUT2D eigenvalue weighted by Gasteiger charge is -2.27. The highest BCUT2D eigenvalue weighted by molar-refractivity contribution is 5.97. The summed E-state index contributed by atoms with van der Waals surface area (Å²) in [7, 11) is 0. The number of carboxylic acids is 1. The van der Waals surface area contributed by atoms with Crippen LogP contribution in [0.25, 0.3) is 0 Å². The molecule has 0 aliphatic rings. The fraction of sp³-hybridized carbons (Fsp3) is 0.385. The van der Waals surface area contributed by atoms with Crippen molar-refractivity contribution in [2.75, 3.05) is 0 Å². The zero-order valence-corrected chi connectivity index (χ0v) is 10.8. The fourth-order valence-corrected chi connectivity index (χ4v) is 1.57. The molecule has 0 saturated carbocycles. The van der Waals surface area contributed by atoms with Crippen LogP contribution in [0.1, 0.15) is 31.1 Å². The first-order valence-electron chi connectivity index (χ1n) is 5.62. The molecule has 0 aliphatic carbocycles. The Labute approximate surface area is 109 Å². The van der Waals surface area contributed by atoms with Gasteiger partial charge in [-0.2, -0.15) is 0 Å². The Hall–Kier alpha value is -1.98. The number of rotatable bonds is 3. The molecule has 0 bridgehead atoms. The van der Waals surface area contributed by atoms with E-state index in [0.29, 0.717) is 0 Å². The van der Waals surface area contributed by atoms with Gasteiger partial charge in [-0.25, -0.2) is 13.6 Å². The van der Waals surface area contributed by atoms with E-state index in [0.717, 1.165) is 18.2 Å². The molecule has 6 heteroatoms. The Kier molecular flexibility index (Phi) is 4.24. The molecule has 104 valence electrons. The lowest BCUT2D eigenvalue weighted by atomic mass is 9.86. The van der Waals surface area contributed by atoms with E-state index >= 15 is 0 Å². The predicted molar refractivity (Wildman–Crippen MR) is 64.7 cm³/mol. The number of halogens is 2. The molecule has 1 unspecified atom stereocenters. The van der Waals surface area contributed by atoms with E-state index in [1.54, 1.807) is 20.8 Å². The number of benzene rings is 1. The van der Waals surface area contributed by atoms with E-state index in [9.17, 15) is 18.4 Å². The van der Waals surface area contributed by atoms with Crippen molar-refractivity contribution in [1.29, 1.82) is 0 Å². The van der Waals surface area contributed by atoms with E-state index in [1.165, 1.54) is 0 Å². The first kappa shape index (κ1) is 15.1. The molecule has 0 heterocycles. The van der Waals surface area contributed by atoms with Crippen LogP contribution in [-0.2, 0) is 4.79 Å². The van der Waals surface area contributed by atoms with E-state index in [2.05, 4.69) is 5.32 Å². The maximum atomic E-state index is 13.4. The van der Waals surface area contributed by atoms with Gasteiger partial charge in [0, 0.05) is 0 Å². The smallest absolute Gasteiger partial charge is 0.326 e. The second kappa shape index (κ2) is 5.34. The van der Waals surface area contributed by atoms with Crippen LogP contribution in [0.3, 0.4) is 0 Å². The topological polar surface area (TPSA) is 66.4 Å². The minimum atomic E-state index is -1.27. The zero-order valence-electron chi connectivity index (χ0n) is 10.8. The lowest BCUT2D eigenvalue weighted by molar-refractivity contribution is -0.142. The van der Waals surface area contributed by atoms with Crippen LogP contribution in [0.15, 0.2) is 18.2 Å². The third-order valence-corrected chi connectivity index (χ3v) is 2.58. The highest BCUT2D eigenvalue weighted by Gasteiger charge is 2.33. The van der Waals surface area contributed by atoms with Crippen molar-refractivity contribution in [2.45, 2.75) is 26.8 Å². The van der Waals surface area contributed by atoms with Gasteiger partial charge in [0.05, 0.1) is 0 Å². The van der Waals surface area contributed by atoms with Crippen molar-refractivity contribution in [3.63, 3.8) is 0 Å². The summed E-state index contributed by atoms with van der Waals surface area (Å²) in [6, 6.07) is 1.74. The predicted octanol–water partition coefficient (Wildman–Crippen LogP) is 2.19. The molecular weight excluding hydrogens is 256 g/mol. The molecule has 0 aromatic heterocycles. The first-order valence-corrected chi connectivity index (χ1v) is 5.62. The van der Waals surface area contributed by atoms with Crippen molar-refractivity contribution < 1.29 is 23.5 Å². The van der Waals surface area contributed by atoms with Crippen molar-refractivity contribution in [3.05, 3.63) is 35.4 Å².